The van der Waals surface area contributed by atoms with E-state index in [9.17, 15) is 4.79 Å². The molecular weight excluding hydrogens is 192 g/mol. The molecule has 0 aliphatic carbocycles. The van der Waals surface area contributed by atoms with Crippen molar-refractivity contribution < 1.29 is 9.53 Å². The fraction of sp³-hybridized carbons (Fsp3) is 0.909. The molecule has 90 valence electrons. The van der Waals surface area contributed by atoms with Crippen molar-refractivity contribution in [3.63, 3.8) is 0 Å². The van der Waals surface area contributed by atoms with Crippen molar-refractivity contribution in [1.82, 2.24) is 10.6 Å². The second-order valence-corrected chi connectivity index (χ2v) is 4.66. The lowest BCUT2D eigenvalue weighted by Crippen LogP contribution is -2.41. The third kappa shape index (κ3) is 9.69. The monoisotopic (exact) mass is 216 g/mol. The first kappa shape index (κ1) is 14.4. The van der Waals surface area contributed by atoms with Crippen LogP contribution in [0.25, 0.3) is 0 Å². The summed E-state index contributed by atoms with van der Waals surface area (Å²) < 4.78 is 4.55. The van der Waals surface area contributed by atoms with Gasteiger partial charge in [-0.3, -0.25) is 4.79 Å². The highest BCUT2D eigenvalue weighted by atomic mass is 16.5. The zero-order valence-electron chi connectivity index (χ0n) is 10.3. The van der Waals surface area contributed by atoms with Gasteiger partial charge in [0.1, 0.15) is 5.60 Å². The molecule has 1 atom stereocenters. The highest BCUT2D eigenvalue weighted by Gasteiger charge is 2.08. The molecule has 4 heteroatoms. The first-order valence-electron chi connectivity index (χ1n) is 5.49. The zero-order chi connectivity index (χ0) is 11.7. The van der Waals surface area contributed by atoms with Gasteiger partial charge in [0.05, 0.1) is 0 Å². The van der Waals surface area contributed by atoms with E-state index in [0.29, 0.717) is 6.47 Å². The maximum absolute atomic E-state index is 9.60. The van der Waals surface area contributed by atoms with Crippen molar-refractivity contribution in [2.45, 2.75) is 45.3 Å². The van der Waals surface area contributed by atoms with Gasteiger partial charge in [-0.2, -0.15) is 0 Å². The summed E-state index contributed by atoms with van der Waals surface area (Å²) in [5, 5.41) is 6.56. The van der Waals surface area contributed by atoms with Crippen LogP contribution in [0.1, 0.15) is 33.6 Å². The first-order valence-corrected chi connectivity index (χ1v) is 5.49. The molecule has 0 saturated carbocycles. The van der Waals surface area contributed by atoms with E-state index in [2.05, 4.69) is 15.4 Å². The van der Waals surface area contributed by atoms with Crippen LogP contribution in [0, 0.1) is 0 Å². The van der Waals surface area contributed by atoms with Gasteiger partial charge >= 0.3 is 0 Å². The summed E-state index contributed by atoms with van der Waals surface area (Å²) in [6.45, 7) is 8.28. The molecule has 2 N–H and O–H groups in total. The van der Waals surface area contributed by atoms with Crippen LogP contribution >= 0.6 is 0 Å². The Balaban J connectivity index is 0.000000265. The van der Waals surface area contributed by atoms with E-state index < -0.39 is 0 Å². The molecule has 0 spiro atoms. The van der Waals surface area contributed by atoms with Gasteiger partial charge < -0.3 is 15.4 Å². The van der Waals surface area contributed by atoms with Gasteiger partial charge in [0, 0.05) is 12.6 Å². The molecule has 0 radical (unpaired) electrons. The Morgan fingerprint density at radius 3 is 2.33 bits per heavy atom. The van der Waals surface area contributed by atoms with Crippen LogP contribution in [0.2, 0.25) is 0 Å². The smallest absolute Gasteiger partial charge is 0.293 e. The van der Waals surface area contributed by atoms with Crippen LogP contribution in [0.5, 0.6) is 0 Å². The van der Waals surface area contributed by atoms with Gasteiger partial charge in [-0.05, 0) is 47.2 Å². The van der Waals surface area contributed by atoms with Gasteiger partial charge in [-0.25, -0.2) is 0 Å². The Morgan fingerprint density at radius 1 is 1.47 bits per heavy atom. The molecular formula is C11H24N2O2. The zero-order valence-corrected chi connectivity index (χ0v) is 10.3. The fourth-order valence-corrected chi connectivity index (χ4v) is 1.24. The molecule has 0 aromatic carbocycles. The largest absolute Gasteiger partial charge is 0.462 e. The third-order valence-electron chi connectivity index (χ3n) is 2.11. The fourth-order valence-electron chi connectivity index (χ4n) is 1.24. The third-order valence-corrected chi connectivity index (χ3v) is 2.11. The molecule has 1 aliphatic heterocycles. The molecule has 0 bridgehead atoms. The SMILES string of the molecule is CC(C)(C)OC=O.CN[C@H]1CCCNC1. The minimum Gasteiger partial charge on any atom is -0.462 e. The molecule has 1 heterocycles. The van der Waals surface area contributed by atoms with Gasteiger partial charge in [0.2, 0.25) is 0 Å². The summed E-state index contributed by atoms with van der Waals surface area (Å²) in [4.78, 5) is 9.60. The minimum absolute atomic E-state index is 0.318. The highest BCUT2D eigenvalue weighted by molar-refractivity contribution is 5.37. The maximum atomic E-state index is 9.60. The van der Waals surface area contributed by atoms with Crippen LogP contribution in [0.4, 0.5) is 0 Å². The van der Waals surface area contributed by atoms with Crippen molar-refractivity contribution in [3.05, 3.63) is 0 Å². The second-order valence-electron chi connectivity index (χ2n) is 4.66. The van der Waals surface area contributed by atoms with E-state index in [-0.39, 0.29) is 5.60 Å². The van der Waals surface area contributed by atoms with Crippen LogP contribution < -0.4 is 10.6 Å². The molecule has 15 heavy (non-hydrogen) atoms. The van der Waals surface area contributed by atoms with Crippen LogP contribution in [-0.2, 0) is 9.53 Å². The Morgan fingerprint density at radius 2 is 2.13 bits per heavy atom. The van der Waals surface area contributed by atoms with Crippen molar-refractivity contribution in [2.75, 3.05) is 20.1 Å². The maximum Gasteiger partial charge on any atom is 0.293 e. The number of carbonyl (C=O) groups excluding carboxylic acids is 1. The number of piperidine rings is 1. The molecule has 1 fully saturated rings. The minimum atomic E-state index is -0.318. The number of carbonyl (C=O) groups is 1. The number of nitrogens with one attached hydrogen (secondary N) is 2. The average Bonchev–Trinajstić information content (AvgIpc) is 2.18. The molecule has 1 saturated heterocycles. The predicted molar refractivity (Wildman–Crippen MR) is 61.9 cm³/mol. The lowest BCUT2D eigenvalue weighted by Gasteiger charge is -2.21. The standard InChI is InChI=1S/C6H14N2.C5H10O2/c1-7-6-3-2-4-8-5-6;1-5(2,3)7-4-6/h6-8H,2-5H2,1H3;4H,1-3H3/t6-;/m0./s1. The topological polar surface area (TPSA) is 50.4 Å². The van der Waals surface area contributed by atoms with E-state index in [1.807, 2.05) is 27.8 Å². The number of hydrogen-bond acceptors (Lipinski definition) is 4. The van der Waals surface area contributed by atoms with Gasteiger partial charge in [-0.1, -0.05) is 0 Å². The number of rotatable bonds is 2. The van der Waals surface area contributed by atoms with E-state index in [0.717, 1.165) is 12.6 Å². The molecule has 0 aromatic heterocycles. The van der Waals surface area contributed by atoms with Gasteiger partial charge in [-0.15, -0.1) is 0 Å². The molecule has 0 amide bonds. The lowest BCUT2D eigenvalue weighted by molar-refractivity contribution is -0.138. The van der Waals surface area contributed by atoms with Crippen molar-refractivity contribution >= 4 is 6.47 Å². The summed E-state index contributed by atoms with van der Waals surface area (Å²) in [7, 11) is 2.03. The molecule has 4 nitrogen and oxygen atoms in total. The highest BCUT2D eigenvalue weighted by Crippen LogP contribution is 2.02. The predicted octanol–water partition coefficient (Wildman–Crippen LogP) is 0.916. The van der Waals surface area contributed by atoms with E-state index in [1.165, 1.54) is 19.4 Å². The van der Waals surface area contributed by atoms with Crippen LogP contribution in [-0.4, -0.2) is 38.3 Å². The summed E-state index contributed by atoms with van der Waals surface area (Å²) in [5.41, 5.74) is -0.318. The average molecular weight is 216 g/mol. The van der Waals surface area contributed by atoms with Crippen LogP contribution in [0.15, 0.2) is 0 Å². The second kappa shape index (κ2) is 7.65. The summed E-state index contributed by atoms with van der Waals surface area (Å²) in [5.74, 6) is 0. The first-order chi connectivity index (χ1) is 6.99. The number of hydrogen-bond donors (Lipinski definition) is 2. The molecule has 0 aromatic rings. The van der Waals surface area contributed by atoms with Crippen molar-refractivity contribution in [2.24, 2.45) is 0 Å². The van der Waals surface area contributed by atoms with Gasteiger partial charge in [0.25, 0.3) is 6.47 Å². The molecule has 0 unspecified atom stereocenters. The Labute approximate surface area is 92.8 Å². The van der Waals surface area contributed by atoms with Gasteiger partial charge in [0.15, 0.2) is 0 Å². The Kier molecular flexibility index (Phi) is 7.34. The summed E-state index contributed by atoms with van der Waals surface area (Å²) in [6.07, 6.45) is 2.66. The summed E-state index contributed by atoms with van der Waals surface area (Å²) in [6, 6.07) is 0.726. The molecule has 1 aliphatic rings. The van der Waals surface area contributed by atoms with E-state index in [1.54, 1.807) is 0 Å². The number of likely N-dealkylation sites (N-methyl/N-ethyl adjacent to an activating group) is 1. The quantitative estimate of drug-likeness (QED) is 0.674. The Bertz CT molecular complexity index is 160. The Hall–Kier alpha value is -0.610. The normalized spacial score (nSPS) is 21.2. The number of ether oxygens (including phenoxy) is 1. The summed E-state index contributed by atoms with van der Waals surface area (Å²) >= 11 is 0. The molecule has 1 rings (SSSR count). The van der Waals surface area contributed by atoms with E-state index in [4.69, 9.17) is 0 Å². The van der Waals surface area contributed by atoms with Crippen molar-refractivity contribution in [1.29, 1.82) is 0 Å². The van der Waals surface area contributed by atoms with Crippen LogP contribution in [0.3, 0.4) is 0 Å². The van der Waals surface area contributed by atoms with E-state index >= 15 is 0 Å². The lowest BCUT2D eigenvalue weighted by atomic mass is 10.1. The van der Waals surface area contributed by atoms with Crippen molar-refractivity contribution in [3.8, 4) is 0 Å².